The van der Waals surface area contributed by atoms with Crippen molar-refractivity contribution >= 4 is 22.5 Å². The van der Waals surface area contributed by atoms with Gasteiger partial charge in [-0.25, -0.2) is 9.97 Å². The second kappa shape index (κ2) is 9.13. The maximum atomic E-state index is 5.80. The maximum absolute atomic E-state index is 5.80. The lowest BCUT2D eigenvalue weighted by Gasteiger charge is -2.33. The molecule has 3 aromatic rings. The van der Waals surface area contributed by atoms with Crippen molar-refractivity contribution < 1.29 is 9.47 Å². The summed E-state index contributed by atoms with van der Waals surface area (Å²) in [6, 6.07) is 10.6. The van der Waals surface area contributed by atoms with Crippen LogP contribution in [0.4, 0.5) is 11.5 Å². The van der Waals surface area contributed by atoms with E-state index in [2.05, 4.69) is 56.7 Å². The zero-order chi connectivity index (χ0) is 21.0. The highest BCUT2D eigenvalue weighted by atomic mass is 16.5. The summed E-state index contributed by atoms with van der Waals surface area (Å²) in [5.74, 6) is 0.737. The van der Waals surface area contributed by atoms with Crippen LogP contribution in [0.25, 0.3) is 22.3 Å². The first-order valence-electron chi connectivity index (χ1n) is 10.9. The van der Waals surface area contributed by atoms with Gasteiger partial charge in [0.05, 0.1) is 36.6 Å². The monoisotopic (exact) mass is 420 g/mol. The highest BCUT2D eigenvalue weighted by Crippen LogP contribution is 2.27. The summed E-state index contributed by atoms with van der Waals surface area (Å²) >= 11 is 0. The first-order chi connectivity index (χ1) is 15.3. The SMILES string of the molecule is CC1CN(c2ccc(-c3cc4nccnc4c(NC[C@@H]4CNCCO4)n3)cc2)CCO1. The van der Waals surface area contributed by atoms with Crippen molar-refractivity contribution in [3.05, 3.63) is 42.7 Å². The first-order valence-corrected chi connectivity index (χ1v) is 10.9. The zero-order valence-corrected chi connectivity index (χ0v) is 17.8. The summed E-state index contributed by atoms with van der Waals surface area (Å²) < 4.78 is 11.5. The Balaban J connectivity index is 1.40. The summed E-state index contributed by atoms with van der Waals surface area (Å²) in [5.41, 5.74) is 4.73. The first kappa shape index (κ1) is 20.1. The number of benzene rings is 1. The topological polar surface area (TPSA) is 84.4 Å². The van der Waals surface area contributed by atoms with E-state index in [0.717, 1.165) is 67.5 Å². The van der Waals surface area contributed by atoms with E-state index in [-0.39, 0.29) is 12.2 Å². The molecule has 8 nitrogen and oxygen atoms in total. The Labute approximate surface area is 182 Å². The molecule has 8 heteroatoms. The van der Waals surface area contributed by atoms with E-state index in [1.165, 1.54) is 5.69 Å². The van der Waals surface area contributed by atoms with Crippen molar-refractivity contribution in [2.24, 2.45) is 0 Å². The van der Waals surface area contributed by atoms with Gasteiger partial charge >= 0.3 is 0 Å². The molecule has 0 spiro atoms. The Morgan fingerprint density at radius 3 is 2.81 bits per heavy atom. The number of nitrogens with one attached hydrogen (secondary N) is 2. The predicted octanol–water partition coefficient (Wildman–Crippen LogP) is 2.32. The quantitative estimate of drug-likeness (QED) is 0.651. The molecule has 2 fully saturated rings. The summed E-state index contributed by atoms with van der Waals surface area (Å²) in [6.07, 6.45) is 3.78. The molecule has 1 aromatic carbocycles. The van der Waals surface area contributed by atoms with Crippen molar-refractivity contribution in [1.82, 2.24) is 20.3 Å². The smallest absolute Gasteiger partial charge is 0.154 e. The average Bonchev–Trinajstić information content (AvgIpc) is 2.83. The molecule has 5 rings (SSSR count). The second-order valence-electron chi connectivity index (χ2n) is 8.03. The summed E-state index contributed by atoms with van der Waals surface area (Å²) in [4.78, 5) is 16.3. The number of pyridine rings is 1. The Morgan fingerprint density at radius 1 is 1.13 bits per heavy atom. The molecule has 1 unspecified atom stereocenters. The minimum atomic E-state index is 0.112. The van der Waals surface area contributed by atoms with E-state index >= 15 is 0 Å². The van der Waals surface area contributed by atoms with Gasteiger partial charge in [-0.1, -0.05) is 12.1 Å². The molecule has 2 aromatic heterocycles. The summed E-state index contributed by atoms with van der Waals surface area (Å²) in [7, 11) is 0. The van der Waals surface area contributed by atoms with Gasteiger partial charge in [-0.15, -0.1) is 0 Å². The highest BCUT2D eigenvalue weighted by Gasteiger charge is 2.18. The molecule has 2 aliphatic heterocycles. The van der Waals surface area contributed by atoms with Gasteiger partial charge in [0.2, 0.25) is 0 Å². The Bertz CT molecular complexity index is 1020. The lowest BCUT2D eigenvalue weighted by atomic mass is 10.1. The Kier molecular flexibility index (Phi) is 5.93. The van der Waals surface area contributed by atoms with Crippen molar-refractivity contribution in [3.63, 3.8) is 0 Å². The Hall–Kier alpha value is -2.81. The van der Waals surface area contributed by atoms with E-state index in [4.69, 9.17) is 14.5 Å². The van der Waals surface area contributed by atoms with Crippen LogP contribution in [0, 0.1) is 0 Å². The van der Waals surface area contributed by atoms with Crippen LogP contribution in [0.15, 0.2) is 42.7 Å². The van der Waals surface area contributed by atoms with E-state index < -0.39 is 0 Å². The van der Waals surface area contributed by atoms with Crippen LogP contribution >= 0.6 is 0 Å². The summed E-state index contributed by atoms with van der Waals surface area (Å²) in [5, 5.41) is 6.79. The van der Waals surface area contributed by atoms with E-state index in [1.54, 1.807) is 12.4 Å². The van der Waals surface area contributed by atoms with Gasteiger partial charge in [0.15, 0.2) is 5.82 Å². The predicted molar refractivity (Wildman–Crippen MR) is 121 cm³/mol. The largest absolute Gasteiger partial charge is 0.375 e. The third-order valence-electron chi connectivity index (χ3n) is 5.73. The molecule has 2 saturated heterocycles. The van der Waals surface area contributed by atoms with Gasteiger partial charge in [-0.2, -0.15) is 0 Å². The maximum Gasteiger partial charge on any atom is 0.154 e. The van der Waals surface area contributed by atoms with Crippen LogP contribution in [0.5, 0.6) is 0 Å². The van der Waals surface area contributed by atoms with Gasteiger partial charge in [0.1, 0.15) is 5.52 Å². The number of hydrogen-bond acceptors (Lipinski definition) is 8. The van der Waals surface area contributed by atoms with Gasteiger partial charge in [-0.3, -0.25) is 4.98 Å². The van der Waals surface area contributed by atoms with Crippen molar-refractivity contribution in [2.75, 3.05) is 56.2 Å². The van der Waals surface area contributed by atoms with Crippen LogP contribution in [0.3, 0.4) is 0 Å². The molecule has 0 saturated carbocycles. The third kappa shape index (κ3) is 4.61. The average molecular weight is 421 g/mol. The van der Waals surface area contributed by atoms with Gasteiger partial charge in [0, 0.05) is 56.4 Å². The van der Waals surface area contributed by atoms with Crippen LogP contribution < -0.4 is 15.5 Å². The number of morpholine rings is 2. The highest BCUT2D eigenvalue weighted by molar-refractivity contribution is 5.88. The summed E-state index contributed by atoms with van der Waals surface area (Å²) in [6.45, 7) is 7.84. The van der Waals surface area contributed by atoms with Crippen molar-refractivity contribution in [3.8, 4) is 11.3 Å². The molecule has 2 N–H and O–H groups in total. The molecule has 2 aliphatic rings. The molecular weight excluding hydrogens is 392 g/mol. The number of anilines is 2. The molecular formula is C23H28N6O2. The van der Waals surface area contributed by atoms with E-state index in [0.29, 0.717) is 6.54 Å². The van der Waals surface area contributed by atoms with Crippen LogP contribution in [-0.2, 0) is 9.47 Å². The zero-order valence-electron chi connectivity index (χ0n) is 17.8. The lowest BCUT2D eigenvalue weighted by Crippen LogP contribution is -2.42. The van der Waals surface area contributed by atoms with E-state index in [1.807, 2.05) is 6.07 Å². The van der Waals surface area contributed by atoms with Crippen LogP contribution in [0.2, 0.25) is 0 Å². The normalized spacial score (nSPS) is 21.9. The molecule has 0 amide bonds. The van der Waals surface area contributed by atoms with Crippen molar-refractivity contribution in [1.29, 1.82) is 0 Å². The fourth-order valence-electron chi connectivity index (χ4n) is 4.10. The molecule has 0 aliphatic carbocycles. The fraction of sp³-hybridized carbons (Fsp3) is 0.435. The number of nitrogens with zero attached hydrogens (tertiary/aromatic N) is 4. The number of ether oxygens (including phenoxy) is 2. The number of aromatic nitrogens is 3. The molecule has 0 bridgehead atoms. The number of fused-ring (bicyclic) bond motifs is 1. The molecule has 31 heavy (non-hydrogen) atoms. The molecule has 4 heterocycles. The van der Waals surface area contributed by atoms with Gasteiger partial charge in [0.25, 0.3) is 0 Å². The molecule has 0 radical (unpaired) electrons. The molecule has 162 valence electrons. The van der Waals surface area contributed by atoms with Crippen molar-refractivity contribution in [2.45, 2.75) is 19.1 Å². The number of rotatable bonds is 5. The van der Waals surface area contributed by atoms with Crippen LogP contribution in [-0.4, -0.2) is 73.1 Å². The third-order valence-corrected chi connectivity index (χ3v) is 5.73. The Morgan fingerprint density at radius 2 is 2.00 bits per heavy atom. The van der Waals surface area contributed by atoms with Crippen LogP contribution in [0.1, 0.15) is 6.92 Å². The standard InChI is InChI=1S/C23H28N6O2/c1-16-15-29(9-11-30-16)18-4-2-17(3-5-18)20-12-21-22(26-7-6-25-21)23(28-20)27-14-19-13-24-8-10-31-19/h2-7,12,16,19,24H,8-11,13-15H2,1H3,(H,27,28)/t16?,19-/m0/s1. The second-order valence-corrected chi connectivity index (χ2v) is 8.03. The molecule has 2 atom stereocenters. The van der Waals surface area contributed by atoms with E-state index in [9.17, 15) is 0 Å². The van der Waals surface area contributed by atoms with Gasteiger partial charge in [-0.05, 0) is 25.1 Å². The minimum Gasteiger partial charge on any atom is -0.375 e. The fourth-order valence-corrected chi connectivity index (χ4v) is 4.10. The lowest BCUT2D eigenvalue weighted by molar-refractivity contribution is 0.0372. The van der Waals surface area contributed by atoms with Gasteiger partial charge < -0.3 is 25.0 Å². The minimum absolute atomic E-state index is 0.112. The number of hydrogen-bond donors (Lipinski definition) is 2.